The lowest BCUT2D eigenvalue weighted by molar-refractivity contribution is 0.152. The van der Waals surface area contributed by atoms with E-state index in [4.69, 9.17) is 0 Å². The van der Waals surface area contributed by atoms with Crippen molar-refractivity contribution in [3.05, 3.63) is 29.8 Å². The van der Waals surface area contributed by atoms with Crippen molar-refractivity contribution in [2.75, 3.05) is 6.54 Å². The van der Waals surface area contributed by atoms with Crippen molar-refractivity contribution in [2.45, 2.75) is 38.8 Å². The molecule has 1 unspecified atom stereocenters. The Morgan fingerprint density at radius 1 is 1.47 bits per heavy atom. The molecule has 0 bridgehead atoms. The maximum Gasteiger partial charge on any atom is 0.240 e. The van der Waals surface area contributed by atoms with Crippen molar-refractivity contribution in [3.8, 4) is 0 Å². The van der Waals surface area contributed by atoms with Gasteiger partial charge in [0.05, 0.1) is 5.69 Å². The van der Waals surface area contributed by atoms with Crippen LogP contribution in [-0.4, -0.2) is 23.6 Å². The van der Waals surface area contributed by atoms with Gasteiger partial charge in [-0.3, -0.25) is 4.90 Å². The van der Waals surface area contributed by atoms with Crippen LogP contribution in [0.3, 0.4) is 0 Å². The van der Waals surface area contributed by atoms with Crippen LogP contribution in [0.5, 0.6) is 0 Å². The highest BCUT2D eigenvalue weighted by Crippen LogP contribution is 2.21. The molecule has 17 heavy (non-hydrogen) atoms. The van der Waals surface area contributed by atoms with E-state index in [9.17, 15) is 4.79 Å². The molecule has 3 nitrogen and oxygen atoms in total. The molecule has 1 aromatic carbocycles. The van der Waals surface area contributed by atoms with Crippen molar-refractivity contribution in [2.24, 2.45) is 4.99 Å². The van der Waals surface area contributed by atoms with E-state index in [2.05, 4.69) is 22.9 Å². The van der Waals surface area contributed by atoms with E-state index in [0.29, 0.717) is 11.7 Å². The minimum atomic E-state index is 0.655. The highest BCUT2D eigenvalue weighted by Gasteiger charge is 2.17. The zero-order valence-electron chi connectivity index (χ0n) is 10.2. The molecule has 0 spiro atoms. The molecule has 0 N–H and O–H groups in total. The topological polar surface area (TPSA) is 32.7 Å². The number of piperidine rings is 1. The summed E-state index contributed by atoms with van der Waals surface area (Å²) >= 11 is 0. The van der Waals surface area contributed by atoms with Gasteiger partial charge in [0.25, 0.3) is 0 Å². The quantitative estimate of drug-likeness (QED) is 0.590. The van der Waals surface area contributed by atoms with Gasteiger partial charge in [0.2, 0.25) is 6.08 Å². The first-order valence-electron chi connectivity index (χ1n) is 6.20. The second kappa shape index (κ2) is 5.76. The van der Waals surface area contributed by atoms with Crippen molar-refractivity contribution in [1.82, 2.24) is 4.90 Å². The number of benzene rings is 1. The van der Waals surface area contributed by atoms with E-state index in [1.165, 1.54) is 31.4 Å². The number of likely N-dealkylation sites (tertiary alicyclic amines) is 1. The minimum Gasteiger partial charge on any atom is -0.296 e. The maximum absolute atomic E-state index is 10.2. The Morgan fingerprint density at radius 2 is 2.35 bits per heavy atom. The Bertz CT molecular complexity index is 424. The monoisotopic (exact) mass is 230 g/mol. The largest absolute Gasteiger partial charge is 0.296 e. The molecule has 1 aliphatic heterocycles. The number of carbonyl (C=O) groups excluding carboxylic acids is 1. The third kappa shape index (κ3) is 3.26. The summed E-state index contributed by atoms with van der Waals surface area (Å²) in [6.45, 7) is 4.40. The van der Waals surface area contributed by atoms with Gasteiger partial charge < -0.3 is 0 Å². The van der Waals surface area contributed by atoms with Crippen LogP contribution in [0.4, 0.5) is 5.69 Å². The van der Waals surface area contributed by atoms with E-state index >= 15 is 0 Å². The smallest absolute Gasteiger partial charge is 0.240 e. The van der Waals surface area contributed by atoms with Gasteiger partial charge in [-0.05, 0) is 44.0 Å². The molecule has 3 heteroatoms. The lowest BCUT2D eigenvalue weighted by atomic mass is 10.0. The summed E-state index contributed by atoms with van der Waals surface area (Å²) in [5.41, 5.74) is 1.91. The summed E-state index contributed by atoms with van der Waals surface area (Å²) in [5, 5.41) is 0. The van der Waals surface area contributed by atoms with Gasteiger partial charge in [0.1, 0.15) is 0 Å². The molecule has 1 aliphatic rings. The average molecular weight is 230 g/mol. The summed E-state index contributed by atoms with van der Waals surface area (Å²) in [5.74, 6) is 0. The van der Waals surface area contributed by atoms with E-state index in [-0.39, 0.29) is 0 Å². The number of aliphatic imine (C=N–C) groups is 1. The fraction of sp³-hybridized carbons (Fsp3) is 0.500. The first-order chi connectivity index (χ1) is 8.29. The van der Waals surface area contributed by atoms with Gasteiger partial charge in [-0.15, -0.1) is 0 Å². The predicted octanol–water partition coefficient (Wildman–Crippen LogP) is 3.03. The molecule has 90 valence electrons. The molecule has 1 fully saturated rings. The Hall–Kier alpha value is -1.44. The molecule has 1 heterocycles. The fourth-order valence-corrected chi connectivity index (χ4v) is 2.40. The Morgan fingerprint density at radius 3 is 3.12 bits per heavy atom. The fourth-order valence-electron chi connectivity index (χ4n) is 2.40. The zero-order chi connectivity index (χ0) is 12.1. The summed E-state index contributed by atoms with van der Waals surface area (Å²) in [4.78, 5) is 16.4. The molecular weight excluding hydrogens is 212 g/mol. The summed E-state index contributed by atoms with van der Waals surface area (Å²) in [6.07, 6.45) is 5.50. The Balaban J connectivity index is 2.06. The van der Waals surface area contributed by atoms with E-state index in [0.717, 1.165) is 6.54 Å². The van der Waals surface area contributed by atoms with Gasteiger partial charge in [-0.25, -0.2) is 4.79 Å². The van der Waals surface area contributed by atoms with Gasteiger partial charge in [-0.2, -0.15) is 4.99 Å². The Kier molecular flexibility index (Phi) is 4.08. The molecule has 0 amide bonds. The lowest BCUT2D eigenvalue weighted by Gasteiger charge is -2.33. The lowest BCUT2D eigenvalue weighted by Crippen LogP contribution is -2.36. The molecule has 0 saturated carbocycles. The van der Waals surface area contributed by atoms with Crippen LogP contribution in [0, 0.1) is 0 Å². The second-order valence-electron chi connectivity index (χ2n) is 4.69. The van der Waals surface area contributed by atoms with Gasteiger partial charge >= 0.3 is 0 Å². The standard InChI is InChI=1S/C14H18N2O/c1-12-5-2-3-8-16(12)10-13-6-4-7-14(9-13)15-11-17/h4,6-7,9,12H,2-3,5,8,10H2,1H3. The molecule has 0 aliphatic carbocycles. The van der Waals surface area contributed by atoms with Gasteiger partial charge in [0, 0.05) is 12.6 Å². The highest BCUT2D eigenvalue weighted by atomic mass is 16.1. The van der Waals surface area contributed by atoms with Crippen molar-refractivity contribution < 1.29 is 4.79 Å². The molecule has 0 aromatic heterocycles. The van der Waals surface area contributed by atoms with Crippen LogP contribution >= 0.6 is 0 Å². The summed E-state index contributed by atoms with van der Waals surface area (Å²) in [6, 6.07) is 8.48. The van der Waals surface area contributed by atoms with Gasteiger partial charge in [-0.1, -0.05) is 18.6 Å². The first kappa shape index (κ1) is 12.0. The zero-order valence-corrected chi connectivity index (χ0v) is 10.2. The normalized spacial score (nSPS) is 20.9. The van der Waals surface area contributed by atoms with E-state index < -0.39 is 0 Å². The van der Waals surface area contributed by atoms with Crippen LogP contribution in [0.25, 0.3) is 0 Å². The van der Waals surface area contributed by atoms with Gasteiger partial charge in [0.15, 0.2) is 0 Å². The third-order valence-corrected chi connectivity index (χ3v) is 3.41. The number of rotatable bonds is 3. The van der Waals surface area contributed by atoms with E-state index in [1.807, 2.05) is 18.2 Å². The van der Waals surface area contributed by atoms with Crippen molar-refractivity contribution in [1.29, 1.82) is 0 Å². The van der Waals surface area contributed by atoms with Crippen LogP contribution in [0.15, 0.2) is 29.3 Å². The average Bonchev–Trinajstić information content (AvgIpc) is 2.33. The molecule has 1 aromatic rings. The number of hydrogen-bond donors (Lipinski definition) is 0. The summed E-state index contributed by atoms with van der Waals surface area (Å²) in [7, 11) is 0. The third-order valence-electron chi connectivity index (χ3n) is 3.41. The molecule has 1 saturated heterocycles. The molecule has 2 rings (SSSR count). The number of isocyanates is 1. The van der Waals surface area contributed by atoms with Crippen LogP contribution in [0.1, 0.15) is 31.7 Å². The Labute approximate surface area is 102 Å². The molecule has 1 atom stereocenters. The molecule has 0 radical (unpaired) electrons. The minimum absolute atomic E-state index is 0.655. The summed E-state index contributed by atoms with van der Waals surface area (Å²) < 4.78 is 0. The number of nitrogens with zero attached hydrogens (tertiary/aromatic N) is 2. The second-order valence-corrected chi connectivity index (χ2v) is 4.69. The van der Waals surface area contributed by atoms with Crippen LogP contribution in [-0.2, 0) is 11.3 Å². The van der Waals surface area contributed by atoms with Crippen LogP contribution < -0.4 is 0 Å². The number of hydrogen-bond acceptors (Lipinski definition) is 3. The van der Waals surface area contributed by atoms with Crippen LogP contribution in [0.2, 0.25) is 0 Å². The molecular formula is C14H18N2O. The first-order valence-corrected chi connectivity index (χ1v) is 6.20. The SMILES string of the molecule is CC1CCCCN1Cc1cccc(N=C=O)c1. The van der Waals surface area contributed by atoms with Crippen molar-refractivity contribution >= 4 is 11.8 Å². The maximum atomic E-state index is 10.2. The highest BCUT2D eigenvalue weighted by molar-refractivity contribution is 5.49. The predicted molar refractivity (Wildman–Crippen MR) is 67.9 cm³/mol. The van der Waals surface area contributed by atoms with Crippen molar-refractivity contribution in [3.63, 3.8) is 0 Å². The van der Waals surface area contributed by atoms with E-state index in [1.54, 1.807) is 6.08 Å².